The van der Waals surface area contributed by atoms with Crippen molar-refractivity contribution in [2.45, 2.75) is 51.7 Å². The van der Waals surface area contributed by atoms with Crippen LogP contribution < -0.4 is 5.32 Å². The van der Waals surface area contributed by atoms with Crippen LogP contribution in [0.1, 0.15) is 46.6 Å². The van der Waals surface area contributed by atoms with Crippen LogP contribution >= 0.6 is 11.8 Å². The molecule has 0 aliphatic carbocycles. The number of rotatable bonds is 10. The fourth-order valence-electron chi connectivity index (χ4n) is 3.46. The predicted octanol–water partition coefficient (Wildman–Crippen LogP) is 6.44. The average molecular weight is 436 g/mol. The molecule has 0 radical (unpaired) electrons. The van der Waals surface area contributed by atoms with E-state index >= 15 is 0 Å². The first-order chi connectivity index (χ1) is 15.0. The van der Waals surface area contributed by atoms with E-state index in [1.54, 1.807) is 11.8 Å². The molecule has 1 amide bonds. The van der Waals surface area contributed by atoms with E-state index in [4.69, 9.17) is 4.98 Å². The van der Waals surface area contributed by atoms with Gasteiger partial charge in [0.1, 0.15) is 0 Å². The first-order valence-electron chi connectivity index (χ1n) is 11.1. The lowest BCUT2D eigenvalue weighted by molar-refractivity contribution is -0.121. The number of hydrogen-bond donors (Lipinski definition) is 1. The number of thioether (sulfide) groups is 1. The summed E-state index contributed by atoms with van der Waals surface area (Å²) in [7, 11) is 0. The Morgan fingerprint density at radius 2 is 1.58 bits per heavy atom. The summed E-state index contributed by atoms with van der Waals surface area (Å²) in [5.41, 5.74) is 4.45. The quantitative estimate of drug-likeness (QED) is 0.294. The Morgan fingerprint density at radius 1 is 0.968 bits per heavy atom. The second-order valence-electron chi connectivity index (χ2n) is 8.44. The molecule has 3 aromatic rings. The molecule has 0 saturated carbocycles. The Labute approximate surface area is 190 Å². The minimum absolute atomic E-state index is 0.136. The van der Waals surface area contributed by atoms with E-state index in [2.05, 4.69) is 86.1 Å². The zero-order valence-corrected chi connectivity index (χ0v) is 19.8. The minimum atomic E-state index is 0.136. The number of carbonyl (C=O) groups excluding carboxylic acids is 1. The topological polar surface area (TPSA) is 46.9 Å². The molecule has 164 valence electrons. The molecule has 0 spiro atoms. The van der Waals surface area contributed by atoms with Crippen LogP contribution in [0.15, 0.2) is 65.8 Å². The highest BCUT2D eigenvalue weighted by molar-refractivity contribution is 7.99. The Balaban J connectivity index is 1.84. The van der Waals surface area contributed by atoms with E-state index in [0.717, 1.165) is 40.8 Å². The van der Waals surface area contributed by atoms with Crippen LogP contribution in [0.2, 0.25) is 0 Å². The Bertz CT molecular complexity index is 965. The van der Waals surface area contributed by atoms with Gasteiger partial charge in [0.25, 0.3) is 0 Å². The number of carbonyl (C=O) groups is 1. The fraction of sp³-hybridized carbons (Fsp3) is 0.385. The number of benzene rings is 2. The Hall–Kier alpha value is -2.53. The lowest BCUT2D eigenvalue weighted by Crippen LogP contribution is -2.27. The summed E-state index contributed by atoms with van der Waals surface area (Å²) in [6, 6.07) is 21.1. The van der Waals surface area contributed by atoms with Gasteiger partial charge >= 0.3 is 0 Å². The van der Waals surface area contributed by atoms with Crippen LogP contribution in [0.5, 0.6) is 0 Å². The van der Waals surface area contributed by atoms with Crippen molar-refractivity contribution in [2.24, 2.45) is 5.92 Å². The monoisotopic (exact) mass is 435 g/mol. The summed E-state index contributed by atoms with van der Waals surface area (Å²) >= 11 is 1.74. The van der Waals surface area contributed by atoms with Crippen LogP contribution in [0.4, 0.5) is 0 Å². The molecule has 1 N–H and O–H groups in total. The van der Waals surface area contributed by atoms with Crippen LogP contribution in [0, 0.1) is 5.92 Å². The maximum absolute atomic E-state index is 12.0. The molecule has 1 heterocycles. The van der Waals surface area contributed by atoms with E-state index in [1.807, 2.05) is 12.1 Å². The van der Waals surface area contributed by atoms with Gasteiger partial charge in [0.2, 0.25) is 5.91 Å². The number of amides is 1. The van der Waals surface area contributed by atoms with Gasteiger partial charge in [0.15, 0.2) is 5.16 Å². The molecule has 0 aliphatic heterocycles. The van der Waals surface area contributed by atoms with Crippen LogP contribution in [-0.2, 0) is 4.79 Å². The van der Waals surface area contributed by atoms with E-state index in [9.17, 15) is 4.79 Å². The molecule has 0 atom stereocenters. The molecular formula is C26H33N3OS. The van der Waals surface area contributed by atoms with Crippen molar-refractivity contribution in [3.8, 4) is 22.5 Å². The van der Waals surface area contributed by atoms with Gasteiger partial charge in [-0.05, 0) is 26.2 Å². The van der Waals surface area contributed by atoms with Crippen molar-refractivity contribution >= 4 is 17.7 Å². The molecule has 0 aliphatic rings. The SMILES string of the molecule is CC(C)CNC(=O)CCCSc1nc(-c2ccccc2)c(-c2ccccc2)n1C(C)C. The zero-order chi connectivity index (χ0) is 22.2. The highest BCUT2D eigenvalue weighted by atomic mass is 32.2. The third-order valence-electron chi connectivity index (χ3n) is 4.98. The predicted molar refractivity (Wildman–Crippen MR) is 131 cm³/mol. The van der Waals surface area contributed by atoms with Crippen LogP contribution in [0.3, 0.4) is 0 Å². The lowest BCUT2D eigenvalue weighted by Gasteiger charge is -2.16. The second kappa shape index (κ2) is 11.2. The minimum Gasteiger partial charge on any atom is -0.356 e. The molecule has 0 fully saturated rings. The molecule has 0 bridgehead atoms. The van der Waals surface area contributed by atoms with Gasteiger partial charge in [-0.15, -0.1) is 0 Å². The van der Waals surface area contributed by atoms with Crippen molar-refractivity contribution in [3.05, 3.63) is 60.7 Å². The standard InChI is InChI=1S/C26H33N3OS/c1-19(2)18-27-23(30)16-11-17-31-26-28-24(21-12-7-5-8-13-21)25(29(26)20(3)4)22-14-9-6-10-15-22/h5-10,12-15,19-20H,11,16-18H2,1-4H3,(H,27,30). The van der Waals surface area contributed by atoms with Crippen LogP contribution in [0.25, 0.3) is 22.5 Å². The van der Waals surface area contributed by atoms with Gasteiger partial charge in [-0.25, -0.2) is 4.98 Å². The number of nitrogens with one attached hydrogen (secondary N) is 1. The Morgan fingerprint density at radius 3 is 2.16 bits per heavy atom. The van der Waals surface area contributed by atoms with E-state index < -0.39 is 0 Å². The summed E-state index contributed by atoms with van der Waals surface area (Å²) in [5, 5.41) is 4.01. The first kappa shape index (κ1) is 23.1. The number of nitrogens with zero attached hydrogens (tertiary/aromatic N) is 2. The zero-order valence-electron chi connectivity index (χ0n) is 19.0. The van der Waals surface area contributed by atoms with Gasteiger partial charge < -0.3 is 9.88 Å². The van der Waals surface area contributed by atoms with Crippen molar-refractivity contribution in [1.82, 2.24) is 14.9 Å². The van der Waals surface area contributed by atoms with E-state index in [-0.39, 0.29) is 11.9 Å². The molecule has 0 unspecified atom stereocenters. The number of aromatic nitrogens is 2. The highest BCUT2D eigenvalue weighted by Crippen LogP contribution is 2.38. The molecule has 5 heteroatoms. The van der Waals surface area contributed by atoms with Gasteiger partial charge in [-0.2, -0.15) is 0 Å². The summed E-state index contributed by atoms with van der Waals surface area (Å²) in [6.45, 7) is 9.36. The number of hydrogen-bond acceptors (Lipinski definition) is 3. The summed E-state index contributed by atoms with van der Waals surface area (Å²) in [6.07, 6.45) is 1.39. The van der Waals surface area contributed by atoms with Gasteiger partial charge in [0, 0.05) is 35.9 Å². The summed E-state index contributed by atoms with van der Waals surface area (Å²) < 4.78 is 2.33. The third kappa shape index (κ3) is 6.23. The molecule has 3 rings (SSSR count). The summed E-state index contributed by atoms with van der Waals surface area (Å²) in [5.74, 6) is 1.47. The van der Waals surface area contributed by atoms with E-state index in [1.165, 1.54) is 5.56 Å². The normalized spacial score (nSPS) is 11.3. The number of imidazole rings is 1. The lowest BCUT2D eigenvalue weighted by atomic mass is 10.0. The molecule has 2 aromatic carbocycles. The third-order valence-corrected chi connectivity index (χ3v) is 6.02. The molecule has 0 saturated heterocycles. The smallest absolute Gasteiger partial charge is 0.220 e. The van der Waals surface area contributed by atoms with Crippen molar-refractivity contribution in [1.29, 1.82) is 0 Å². The maximum atomic E-state index is 12.0. The van der Waals surface area contributed by atoms with Gasteiger partial charge in [-0.1, -0.05) is 86.3 Å². The molecule has 1 aromatic heterocycles. The molecule has 31 heavy (non-hydrogen) atoms. The van der Waals surface area contributed by atoms with Crippen molar-refractivity contribution < 1.29 is 4.79 Å². The highest BCUT2D eigenvalue weighted by Gasteiger charge is 2.21. The van der Waals surface area contributed by atoms with Crippen LogP contribution in [-0.4, -0.2) is 27.8 Å². The molecular weight excluding hydrogens is 402 g/mol. The largest absolute Gasteiger partial charge is 0.356 e. The maximum Gasteiger partial charge on any atom is 0.220 e. The van der Waals surface area contributed by atoms with E-state index in [0.29, 0.717) is 12.3 Å². The Kier molecular flexibility index (Phi) is 8.35. The average Bonchev–Trinajstić information content (AvgIpc) is 3.16. The molecule has 4 nitrogen and oxygen atoms in total. The van der Waals surface area contributed by atoms with Gasteiger partial charge in [-0.3, -0.25) is 4.79 Å². The van der Waals surface area contributed by atoms with Gasteiger partial charge in [0.05, 0.1) is 11.4 Å². The second-order valence-corrected chi connectivity index (χ2v) is 9.50. The van der Waals surface area contributed by atoms with Crippen molar-refractivity contribution in [3.63, 3.8) is 0 Å². The summed E-state index contributed by atoms with van der Waals surface area (Å²) in [4.78, 5) is 17.1. The van der Waals surface area contributed by atoms with Crippen molar-refractivity contribution in [2.75, 3.05) is 12.3 Å². The first-order valence-corrected chi connectivity index (χ1v) is 12.1. The fourth-order valence-corrected chi connectivity index (χ4v) is 4.53.